The average molecular weight is 334 g/mol. The zero-order valence-electron chi connectivity index (χ0n) is 13.9. The van der Waals surface area contributed by atoms with Crippen LogP contribution in [0, 0.1) is 6.92 Å². The average Bonchev–Trinajstić information content (AvgIpc) is 3.17. The zero-order chi connectivity index (χ0) is 16.9. The number of carbonyl (C=O) groups is 1. The third kappa shape index (κ3) is 4.18. The van der Waals surface area contributed by atoms with E-state index in [1.165, 1.54) is 0 Å². The van der Waals surface area contributed by atoms with Gasteiger partial charge in [-0.05, 0) is 13.3 Å². The van der Waals surface area contributed by atoms with Crippen LogP contribution in [0.25, 0.3) is 0 Å². The number of ether oxygens (including phenoxy) is 1. The van der Waals surface area contributed by atoms with Gasteiger partial charge in [0.15, 0.2) is 5.82 Å². The number of aryl methyl sites for hydroxylation is 2. The number of aromatic amines is 1. The lowest BCUT2D eigenvalue weighted by Crippen LogP contribution is -2.42. The van der Waals surface area contributed by atoms with Crippen LogP contribution in [-0.4, -0.2) is 57.4 Å². The van der Waals surface area contributed by atoms with Crippen molar-refractivity contribution in [1.29, 1.82) is 0 Å². The summed E-state index contributed by atoms with van der Waals surface area (Å²) in [5.41, 5.74) is 0.726. The standard InChI is InChI=1S/C15H22N6O3/c1-3-4-12-16-15(19-18-12)11-8-21(5-6-23-11)9-13(22)17-14-7-10(2)20-24-14/h7,11H,3-6,8-9H2,1-2H3,(H,17,22)(H,16,18,19)/t11-/m0/s1. The Morgan fingerprint density at radius 1 is 1.54 bits per heavy atom. The van der Waals surface area contributed by atoms with Gasteiger partial charge in [0.05, 0.1) is 18.8 Å². The van der Waals surface area contributed by atoms with Crippen molar-refractivity contribution in [3.05, 3.63) is 23.4 Å². The van der Waals surface area contributed by atoms with Crippen molar-refractivity contribution < 1.29 is 14.1 Å². The van der Waals surface area contributed by atoms with Crippen LogP contribution in [0.5, 0.6) is 0 Å². The van der Waals surface area contributed by atoms with Gasteiger partial charge in [0.25, 0.3) is 0 Å². The third-order valence-corrected chi connectivity index (χ3v) is 3.73. The molecule has 2 aromatic heterocycles. The Bertz CT molecular complexity index is 682. The van der Waals surface area contributed by atoms with Crippen LogP contribution >= 0.6 is 0 Å². The Hall–Kier alpha value is -2.26. The van der Waals surface area contributed by atoms with E-state index in [2.05, 4.69) is 32.6 Å². The van der Waals surface area contributed by atoms with Gasteiger partial charge >= 0.3 is 0 Å². The van der Waals surface area contributed by atoms with Gasteiger partial charge in [0.1, 0.15) is 11.9 Å². The lowest BCUT2D eigenvalue weighted by atomic mass is 10.2. The number of hydrogen-bond donors (Lipinski definition) is 2. The number of nitrogens with zero attached hydrogens (tertiary/aromatic N) is 4. The van der Waals surface area contributed by atoms with Gasteiger partial charge in [-0.3, -0.25) is 20.1 Å². The quantitative estimate of drug-likeness (QED) is 0.813. The highest BCUT2D eigenvalue weighted by atomic mass is 16.5. The molecule has 2 aromatic rings. The van der Waals surface area contributed by atoms with Gasteiger partial charge in [-0.2, -0.15) is 5.10 Å². The molecule has 1 aliphatic heterocycles. The van der Waals surface area contributed by atoms with Gasteiger partial charge in [0, 0.05) is 25.6 Å². The van der Waals surface area contributed by atoms with Crippen LogP contribution in [0.1, 0.15) is 36.8 Å². The minimum absolute atomic E-state index is 0.145. The maximum absolute atomic E-state index is 12.1. The molecule has 1 saturated heterocycles. The van der Waals surface area contributed by atoms with Crippen molar-refractivity contribution in [2.75, 3.05) is 31.6 Å². The van der Waals surface area contributed by atoms with Gasteiger partial charge in [-0.15, -0.1) is 0 Å². The second kappa shape index (κ2) is 7.54. The van der Waals surface area contributed by atoms with Crippen LogP contribution in [0.15, 0.2) is 10.6 Å². The first kappa shape index (κ1) is 16.6. The minimum Gasteiger partial charge on any atom is -0.367 e. The molecule has 9 nitrogen and oxygen atoms in total. The molecule has 0 aromatic carbocycles. The second-order valence-corrected chi connectivity index (χ2v) is 5.87. The Kier molecular flexibility index (Phi) is 5.21. The van der Waals surface area contributed by atoms with Crippen LogP contribution in [0.2, 0.25) is 0 Å². The lowest BCUT2D eigenvalue weighted by molar-refractivity contribution is -0.119. The Labute approximate surface area is 139 Å². The first-order chi connectivity index (χ1) is 11.6. The summed E-state index contributed by atoms with van der Waals surface area (Å²) in [5, 5.41) is 13.6. The molecule has 0 saturated carbocycles. The number of carbonyl (C=O) groups excluding carboxylic acids is 1. The third-order valence-electron chi connectivity index (χ3n) is 3.73. The molecule has 0 spiro atoms. The van der Waals surface area contributed by atoms with E-state index in [9.17, 15) is 4.79 Å². The molecule has 3 rings (SSSR count). The van der Waals surface area contributed by atoms with E-state index in [1.54, 1.807) is 13.0 Å². The van der Waals surface area contributed by atoms with E-state index in [1.807, 2.05) is 4.90 Å². The van der Waals surface area contributed by atoms with Crippen molar-refractivity contribution in [2.45, 2.75) is 32.8 Å². The number of rotatable bonds is 6. The van der Waals surface area contributed by atoms with Crippen molar-refractivity contribution in [2.24, 2.45) is 0 Å². The molecule has 0 unspecified atom stereocenters. The summed E-state index contributed by atoms with van der Waals surface area (Å²) in [7, 11) is 0. The van der Waals surface area contributed by atoms with Crippen molar-refractivity contribution in [1.82, 2.24) is 25.2 Å². The molecule has 24 heavy (non-hydrogen) atoms. The first-order valence-electron chi connectivity index (χ1n) is 8.12. The van der Waals surface area contributed by atoms with Crippen molar-refractivity contribution >= 4 is 11.8 Å². The van der Waals surface area contributed by atoms with Gasteiger partial charge in [0.2, 0.25) is 11.8 Å². The number of aromatic nitrogens is 4. The maximum Gasteiger partial charge on any atom is 0.240 e. The van der Waals surface area contributed by atoms with Crippen molar-refractivity contribution in [3.63, 3.8) is 0 Å². The molecule has 0 aliphatic carbocycles. The molecule has 1 fully saturated rings. The summed E-state index contributed by atoms with van der Waals surface area (Å²) in [5.74, 6) is 1.73. The number of anilines is 1. The molecule has 3 heterocycles. The SMILES string of the molecule is CCCc1nc([C@@H]2CN(CC(=O)Nc3cc(C)no3)CCO2)n[nH]1. The van der Waals surface area contributed by atoms with Gasteiger partial charge < -0.3 is 9.26 Å². The summed E-state index contributed by atoms with van der Waals surface area (Å²) in [6.45, 7) is 5.95. The molecule has 0 radical (unpaired) electrons. The second-order valence-electron chi connectivity index (χ2n) is 5.87. The fourth-order valence-corrected chi connectivity index (χ4v) is 2.61. The highest BCUT2D eigenvalue weighted by molar-refractivity contribution is 5.90. The molecule has 1 atom stereocenters. The maximum atomic E-state index is 12.1. The first-order valence-corrected chi connectivity index (χ1v) is 8.12. The zero-order valence-corrected chi connectivity index (χ0v) is 13.9. The molecule has 130 valence electrons. The number of nitrogens with one attached hydrogen (secondary N) is 2. The molecule has 1 amide bonds. The predicted octanol–water partition coefficient (Wildman–Crippen LogP) is 1.07. The Balaban J connectivity index is 1.53. The fourth-order valence-electron chi connectivity index (χ4n) is 2.61. The highest BCUT2D eigenvalue weighted by Crippen LogP contribution is 2.19. The summed E-state index contributed by atoms with van der Waals surface area (Å²) < 4.78 is 10.7. The lowest BCUT2D eigenvalue weighted by Gasteiger charge is -2.30. The normalized spacial score (nSPS) is 18.7. The van der Waals surface area contributed by atoms with E-state index in [0.29, 0.717) is 31.4 Å². The number of morpholine rings is 1. The molecular weight excluding hydrogens is 312 g/mol. The summed E-state index contributed by atoms with van der Waals surface area (Å²) in [4.78, 5) is 18.6. The van der Waals surface area contributed by atoms with E-state index in [-0.39, 0.29) is 18.6 Å². The topological polar surface area (TPSA) is 109 Å². The van der Waals surface area contributed by atoms with Gasteiger partial charge in [-0.1, -0.05) is 12.1 Å². The Morgan fingerprint density at radius 2 is 2.42 bits per heavy atom. The number of H-pyrrole nitrogens is 1. The van der Waals surface area contributed by atoms with Crippen molar-refractivity contribution in [3.8, 4) is 0 Å². The predicted molar refractivity (Wildman–Crippen MR) is 85.4 cm³/mol. The number of hydrogen-bond acceptors (Lipinski definition) is 7. The fraction of sp³-hybridized carbons (Fsp3) is 0.600. The van der Waals surface area contributed by atoms with Crippen LogP contribution in [-0.2, 0) is 16.0 Å². The Morgan fingerprint density at radius 3 is 3.17 bits per heavy atom. The van der Waals surface area contributed by atoms with Crippen LogP contribution in [0.4, 0.5) is 5.88 Å². The summed E-state index contributed by atoms with van der Waals surface area (Å²) in [6, 6.07) is 1.68. The molecule has 0 bridgehead atoms. The molecule has 9 heteroatoms. The summed E-state index contributed by atoms with van der Waals surface area (Å²) in [6.07, 6.45) is 1.65. The highest BCUT2D eigenvalue weighted by Gasteiger charge is 2.26. The van der Waals surface area contributed by atoms with Crippen LogP contribution < -0.4 is 5.32 Å². The smallest absolute Gasteiger partial charge is 0.240 e. The van der Waals surface area contributed by atoms with E-state index < -0.39 is 0 Å². The van der Waals surface area contributed by atoms with E-state index in [4.69, 9.17) is 9.26 Å². The molecular formula is C15H22N6O3. The van der Waals surface area contributed by atoms with E-state index in [0.717, 1.165) is 24.4 Å². The van der Waals surface area contributed by atoms with E-state index >= 15 is 0 Å². The monoisotopic (exact) mass is 334 g/mol. The minimum atomic E-state index is -0.221. The molecule has 2 N–H and O–H groups in total. The largest absolute Gasteiger partial charge is 0.367 e. The van der Waals surface area contributed by atoms with Gasteiger partial charge in [-0.25, -0.2) is 4.98 Å². The number of amides is 1. The van der Waals surface area contributed by atoms with Crippen LogP contribution in [0.3, 0.4) is 0 Å². The molecule has 1 aliphatic rings. The summed E-state index contributed by atoms with van der Waals surface area (Å²) >= 11 is 0.